The third kappa shape index (κ3) is 3.42. The van der Waals surface area contributed by atoms with Crippen LogP contribution in [0.4, 0.5) is 0 Å². The van der Waals surface area contributed by atoms with E-state index in [9.17, 15) is 15.0 Å². The molecule has 2 saturated heterocycles. The zero-order valence-corrected chi connectivity index (χ0v) is 13.2. The number of carbonyl (C=O) groups is 1. The fourth-order valence-electron chi connectivity index (χ4n) is 2.86. The third-order valence-electron chi connectivity index (χ3n) is 4.16. The van der Waals surface area contributed by atoms with Crippen LogP contribution in [0.25, 0.3) is 0 Å². The van der Waals surface area contributed by atoms with Gasteiger partial charge in [0.05, 0.1) is 18.6 Å². The van der Waals surface area contributed by atoms with Gasteiger partial charge in [0.25, 0.3) is 0 Å². The second-order valence-corrected chi connectivity index (χ2v) is 5.67. The molecule has 2 aliphatic heterocycles. The van der Waals surface area contributed by atoms with Gasteiger partial charge in [0.1, 0.15) is 30.5 Å². The molecule has 2 fully saturated rings. The Morgan fingerprint density at radius 2 is 1.73 bits per heavy atom. The highest BCUT2D eigenvalue weighted by Crippen LogP contribution is 2.28. The highest BCUT2D eigenvalue weighted by Gasteiger charge is 2.47. The Kier molecular flexibility index (Phi) is 5.76. The van der Waals surface area contributed by atoms with Gasteiger partial charge in [0, 0.05) is 14.2 Å². The van der Waals surface area contributed by atoms with E-state index < -0.39 is 49.0 Å². The minimum Gasteiger partial charge on any atom is -0.460 e. The van der Waals surface area contributed by atoms with E-state index in [2.05, 4.69) is 0 Å². The molecule has 128 valence electrons. The summed E-state index contributed by atoms with van der Waals surface area (Å²) in [7, 11) is 2.88. The fraction of sp³-hybridized carbons (Fsp3) is 0.929. The molecule has 8 atom stereocenters. The van der Waals surface area contributed by atoms with Crippen molar-refractivity contribution in [2.24, 2.45) is 0 Å². The maximum Gasteiger partial charge on any atom is 0.308 e. The lowest BCUT2D eigenvalue weighted by molar-refractivity contribution is -0.323. The third-order valence-corrected chi connectivity index (χ3v) is 4.16. The molecule has 8 heteroatoms. The summed E-state index contributed by atoms with van der Waals surface area (Å²) < 4.78 is 26.9. The molecule has 0 bridgehead atoms. The van der Waals surface area contributed by atoms with E-state index in [0.717, 1.165) is 0 Å². The number of aliphatic hydroxyl groups excluding tert-OH is 2. The maximum atomic E-state index is 11.4. The number of hydrogen-bond donors (Lipinski definition) is 2. The topological polar surface area (TPSA) is 104 Å². The first kappa shape index (κ1) is 17.6. The molecule has 0 aromatic heterocycles. The van der Waals surface area contributed by atoms with E-state index >= 15 is 0 Å². The average Bonchev–Trinajstić information content (AvgIpc) is 2.47. The summed E-state index contributed by atoms with van der Waals surface area (Å²) in [6.45, 7) is 3.35. The summed E-state index contributed by atoms with van der Waals surface area (Å²) in [5.74, 6) is -0.358. The molecule has 0 aromatic carbocycles. The molecular weight excluding hydrogens is 296 g/mol. The molecule has 0 aliphatic carbocycles. The predicted molar refractivity (Wildman–Crippen MR) is 73.0 cm³/mol. The zero-order valence-electron chi connectivity index (χ0n) is 13.2. The Bertz CT molecular complexity index is 389. The Balaban J connectivity index is 2.09. The van der Waals surface area contributed by atoms with Crippen LogP contribution in [-0.2, 0) is 28.5 Å². The van der Waals surface area contributed by atoms with Crippen molar-refractivity contribution in [3.63, 3.8) is 0 Å². The molecule has 0 amide bonds. The van der Waals surface area contributed by atoms with Gasteiger partial charge >= 0.3 is 5.97 Å². The Hall–Kier alpha value is -0.770. The largest absolute Gasteiger partial charge is 0.460 e. The molecule has 22 heavy (non-hydrogen) atoms. The highest BCUT2D eigenvalue weighted by molar-refractivity contribution is 5.71. The van der Waals surface area contributed by atoms with Gasteiger partial charge in [0.15, 0.2) is 6.29 Å². The molecular formula is C14H24O8. The molecule has 0 spiro atoms. The van der Waals surface area contributed by atoms with Crippen molar-refractivity contribution >= 4 is 5.97 Å². The van der Waals surface area contributed by atoms with E-state index in [0.29, 0.717) is 0 Å². The van der Waals surface area contributed by atoms with Crippen molar-refractivity contribution in [1.29, 1.82) is 0 Å². The van der Waals surface area contributed by atoms with Gasteiger partial charge in [-0.2, -0.15) is 0 Å². The minimum absolute atomic E-state index is 0.0696. The highest BCUT2D eigenvalue weighted by atomic mass is 16.7. The summed E-state index contributed by atoms with van der Waals surface area (Å²) >= 11 is 0. The molecule has 2 heterocycles. The van der Waals surface area contributed by atoms with Crippen LogP contribution in [0.15, 0.2) is 0 Å². The van der Waals surface area contributed by atoms with E-state index in [4.69, 9.17) is 23.7 Å². The number of ether oxygens (including phenoxy) is 5. The monoisotopic (exact) mass is 320 g/mol. The number of hydrogen-bond acceptors (Lipinski definition) is 8. The van der Waals surface area contributed by atoms with Crippen molar-refractivity contribution in [3.05, 3.63) is 0 Å². The fourth-order valence-corrected chi connectivity index (χ4v) is 2.86. The first-order valence-corrected chi connectivity index (χ1v) is 7.31. The van der Waals surface area contributed by atoms with Crippen LogP contribution < -0.4 is 0 Å². The SMILES string of the molecule is COC1CC(=O)OC(C)C1OC1OC(C)C(O)C(OC)C1O. The van der Waals surface area contributed by atoms with Gasteiger partial charge in [-0.1, -0.05) is 0 Å². The first-order chi connectivity index (χ1) is 10.4. The summed E-state index contributed by atoms with van der Waals surface area (Å²) in [5, 5.41) is 20.2. The molecule has 0 radical (unpaired) electrons. The summed E-state index contributed by atoms with van der Waals surface area (Å²) in [4.78, 5) is 11.4. The summed E-state index contributed by atoms with van der Waals surface area (Å²) in [5.41, 5.74) is 0. The normalized spacial score (nSPS) is 46.4. The summed E-state index contributed by atoms with van der Waals surface area (Å²) in [6.07, 6.45) is -6.07. The molecule has 8 unspecified atom stereocenters. The van der Waals surface area contributed by atoms with E-state index in [-0.39, 0.29) is 12.4 Å². The molecule has 0 aromatic rings. The zero-order chi connectivity index (χ0) is 16.4. The number of esters is 1. The summed E-state index contributed by atoms with van der Waals surface area (Å²) in [6, 6.07) is 0. The maximum absolute atomic E-state index is 11.4. The van der Waals surface area contributed by atoms with Crippen molar-refractivity contribution in [3.8, 4) is 0 Å². The van der Waals surface area contributed by atoms with Crippen molar-refractivity contribution < 1.29 is 38.7 Å². The van der Waals surface area contributed by atoms with Crippen LogP contribution in [0.3, 0.4) is 0 Å². The van der Waals surface area contributed by atoms with Crippen LogP contribution in [0.1, 0.15) is 20.3 Å². The van der Waals surface area contributed by atoms with Gasteiger partial charge in [0.2, 0.25) is 0 Å². The smallest absolute Gasteiger partial charge is 0.308 e. The average molecular weight is 320 g/mol. The number of methoxy groups -OCH3 is 2. The van der Waals surface area contributed by atoms with E-state index in [1.807, 2.05) is 0 Å². The molecule has 8 nitrogen and oxygen atoms in total. The molecule has 2 rings (SSSR count). The second kappa shape index (κ2) is 7.20. The minimum atomic E-state index is -1.17. The van der Waals surface area contributed by atoms with Crippen molar-refractivity contribution in [1.82, 2.24) is 0 Å². The number of aliphatic hydroxyl groups is 2. The molecule has 0 saturated carbocycles. The van der Waals surface area contributed by atoms with Crippen molar-refractivity contribution in [2.75, 3.05) is 14.2 Å². The van der Waals surface area contributed by atoms with Gasteiger partial charge in [-0.05, 0) is 13.8 Å². The Morgan fingerprint density at radius 1 is 1.05 bits per heavy atom. The van der Waals surface area contributed by atoms with Gasteiger partial charge < -0.3 is 33.9 Å². The lowest BCUT2D eigenvalue weighted by atomic mass is 9.98. The Labute approximate surface area is 129 Å². The number of cyclic esters (lactones) is 1. The number of rotatable bonds is 4. The quantitative estimate of drug-likeness (QED) is 0.649. The van der Waals surface area contributed by atoms with E-state index in [1.165, 1.54) is 14.2 Å². The molecule has 2 aliphatic rings. The van der Waals surface area contributed by atoms with E-state index in [1.54, 1.807) is 13.8 Å². The van der Waals surface area contributed by atoms with Gasteiger partial charge in [-0.3, -0.25) is 4.79 Å². The van der Waals surface area contributed by atoms with Gasteiger partial charge in [-0.25, -0.2) is 0 Å². The standard InChI is InChI=1S/C14H24O8/c1-6-10(16)13(19-4)11(17)14(21-6)22-12-7(2)20-9(15)5-8(12)18-3/h6-8,10-14,16-17H,5H2,1-4H3. The predicted octanol–water partition coefficient (Wildman–Crippen LogP) is -0.796. The first-order valence-electron chi connectivity index (χ1n) is 7.31. The number of carbonyl (C=O) groups excluding carboxylic acids is 1. The van der Waals surface area contributed by atoms with Crippen LogP contribution in [0.2, 0.25) is 0 Å². The Morgan fingerprint density at radius 3 is 2.32 bits per heavy atom. The molecule has 2 N–H and O–H groups in total. The van der Waals surface area contributed by atoms with Crippen LogP contribution in [0, 0.1) is 0 Å². The van der Waals surface area contributed by atoms with Gasteiger partial charge in [-0.15, -0.1) is 0 Å². The lowest BCUT2D eigenvalue weighted by Crippen LogP contribution is -2.60. The van der Waals surface area contributed by atoms with Crippen LogP contribution >= 0.6 is 0 Å². The lowest BCUT2D eigenvalue weighted by Gasteiger charge is -2.44. The second-order valence-electron chi connectivity index (χ2n) is 5.67. The van der Waals surface area contributed by atoms with Crippen LogP contribution in [0.5, 0.6) is 0 Å². The van der Waals surface area contributed by atoms with Crippen molar-refractivity contribution in [2.45, 2.75) is 69.3 Å². The van der Waals surface area contributed by atoms with Crippen LogP contribution in [-0.4, -0.2) is 79.4 Å².